The minimum atomic E-state index is -0.0372. The van der Waals surface area contributed by atoms with Crippen LogP contribution in [0.4, 0.5) is 0 Å². The van der Waals surface area contributed by atoms with E-state index >= 15 is 0 Å². The lowest BCUT2D eigenvalue weighted by atomic mass is 10.1. The van der Waals surface area contributed by atoms with Crippen LogP contribution in [0.2, 0.25) is 0 Å². The maximum absolute atomic E-state index is 12.1. The molecule has 0 bridgehead atoms. The summed E-state index contributed by atoms with van der Waals surface area (Å²) < 4.78 is 7.50. The van der Waals surface area contributed by atoms with E-state index in [0.29, 0.717) is 18.9 Å². The maximum atomic E-state index is 12.1. The second-order valence-corrected chi connectivity index (χ2v) is 5.49. The lowest BCUT2D eigenvalue weighted by molar-refractivity contribution is -0.120. The Morgan fingerprint density at radius 3 is 2.82 bits per heavy atom. The molecule has 0 aliphatic rings. The van der Waals surface area contributed by atoms with Gasteiger partial charge in [-0.15, -0.1) is 0 Å². The van der Waals surface area contributed by atoms with E-state index < -0.39 is 0 Å². The van der Waals surface area contributed by atoms with E-state index in [9.17, 15) is 4.79 Å². The first-order valence-electron chi connectivity index (χ1n) is 7.27. The van der Waals surface area contributed by atoms with Crippen LogP contribution in [0.1, 0.15) is 22.9 Å². The zero-order valence-corrected chi connectivity index (χ0v) is 13.0. The summed E-state index contributed by atoms with van der Waals surface area (Å²) in [6.45, 7) is 4.07. The Bertz CT molecular complexity index is 810. The van der Waals surface area contributed by atoms with Gasteiger partial charge >= 0.3 is 0 Å². The van der Waals surface area contributed by atoms with Gasteiger partial charge in [0.05, 0.1) is 18.7 Å². The predicted octanol–water partition coefficient (Wildman–Crippen LogP) is 2.64. The molecule has 5 heteroatoms. The van der Waals surface area contributed by atoms with Gasteiger partial charge in [-0.3, -0.25) is 4.79 Å². The fourth-order valence-corrected chi connectivity index (χ4v) is 2.59. The third-order valence-corrected chi connectivity index (χ3v) is 3.84. The first-order valence-corrected chi connectivity index (χ1v) is 7.27. The second-order valence-electron chi connectivity index (χ2n) is 5.49. The van der Waals surface area contributed by atoms with Crippen molar-refractivity contribution in [1.29, 1.82) is 0 Å². The van der Waals surface area contributed by atoms with E-state index in [2.05, 4.69) is 16.4 Å². The van der Waals surface area contributed by atoms with Crippen molar-refractivity contribution in [3.63, 3.8) is 0 Å². The van der Waals surface area contributed by atoms with Crippen molar-refractivity contribution in [2.75, 3.05) is 0 Å². The molecule has 3 rings (SSSR count). The Hall–Kier alpha value is -2.56. The summed E-state index contributed by atoms with van der Waals surface area (Å²) in [4.78, 5) is 16.4. The lowest BCUT2D eigenvalue weighted by Gasteiger charge is -2.02. The average molecular weight is 297 g/mol. The number of rotatable bonds is 4. The Balaban J connectivity index is 1.68. The van der Waals surface area contributed by atoms with Gasteiger partial charge < -0.3 is 14.3 Å². The Morgan fingerprint density at radius 2 is 2.09 bits per heavy atom. The number of benzene rings is 1. The number of amides is 1. The number of carbonyl (C=O) groups is 1. The molecule has 1 aromatic carbocycles. The molecular formula is C17H19N3O2. The van der Waals surface area contributed by atoms with Crippen LogP contribution in [0.5, 0.6) is 0 Å². The predicted molar refractivity (Wildman–Crippen MR) is 84.4 cm³/mol. The number of aromatic nitrogens is 2. The van der Waals surface area contributed by atoms with Crippen LogP contribution in [0, 0.1) is 13.8 Å². The minimum Gasteiger partial charge on any atom is -0.444 e. The average Bonchev–Trinajstić information content (AvgIpc) is 2.98. The largest absolute Gasteiger partial charge is 0.444 e. The quantitative estimate of drug-likeness (QED) is 0.805. The molecule has 2 heterocycles. The fourth-order valence-electron chi connectivity index (χ4n) is 2.59. The highest BCUT2D eigenvalue weighted by Crippen LogP contribution is 2.20. The van der Waals surface area contributed by atoms with Gasteiger partial charge in [-0.25, -0.2) is 4.98 Å². The van der Waals surface area contributed by atoms with Gasteiger partial charge in [0.15, 0.2) is 0 Å². The summed E-state index contributed by atoms with van der Waals surface area (Å²) in [7, 11) is 1.99. The molecule has 0 fully saturated rings. The summed E-state index contributed by atoms with van der Waals surface area (Å²) in [6, 6.07) is 8.08. The molecule has 22 heavy (non-hydrogen) atoms. The van der Waals surface area contributed by atoms with Crippen LogP contribution in [-0.4, -0.2) is 15.5 Å². The molecule has 114 valence electrons. The summed E-state index contributed by atoms with van der Waals surface area (Å²) in [5, 5.41) is 3.97. The molecule has 5 nitrogen and oxygen atoms in total. The lowest BCUT2D eigenvalue weighted by Crippen LogP contribution is -2.24. The monoisotopic (exact) mass is 297 g/mol. The molecule has 0 radical (unpaired) electrons. The first kappa shape index (κ1) is 14.4. The molecule has 0 atom stereocenters. The normalized spacial score (nSPS) is 11.0. The van der Waals surface area contributed by atoms with E-state index in [1.54, 1.807) is 0 Å². The van der Waals surface area contributed by atoms with E-state index in [0.717, 1.165) is 27.9 Å². The zero-order chi connectivity index (χ0) is 15.7. The Morgan fingerprint density at radius 1 is 1.32 bits per heavy atom. The minimum absolute atomic E-state index is 0.0372. The van der Waals surface area contributed by atoms with Crippen molar-refractivity contribution in [3.8, 4) is 0 Å². The van der Waals surface area contributed by atoms with E-state index in [1.807, 2.05) is 49.9 Å². The first-order chi connectivity index (χ1) is 10.5. The number of oxazole rings is 1. The molecule has 0 spiro atoms. The van der Waals surface area contributed by atoms with Crippen LogP contribution >= 0.6 is 0 Å². The highest BCUT2D eigenvalue weighted by Gasteiger charge is 2.11. The molecule has 0 aliphatic carbocycles. The zero-order valence-electron chi connectivity index (χ0n) is 13.0. The van der Waals surface area contributed by atoms with Crippen LogP contribution in [0.3, 0.4) is 0 Å². The SMILES string of the molecule is Cc1nc(CNC(=O)Cc2cn(C)c3ccccc23)oc1C. The number of aryl methyl sites for hydroxylation is 3. The van der Waals surface area contributed by atoms with Crippen molar-refractivity contribution >= 4 is 16.8 Å². The van der Waals surface area contributed by atoms with E-state index in [1.165, 1.54) is 0 Å². The third-order valence-electron chi connectivity index (χ3n) is 3.84. The topological polar surface area (TPSA) is 60.1 Å². The van der Waals surface area contributed by atoms with Crippen molar-refractivity contribution in [3.05, 3.63) is 53.4 Å². The summed E-state index contributed by atoms with van der Waals surface area (Å²) in [5.41, 5.74) is 3.01. The number of nitrogens with zero attached hydrogens (tertiary/aromatic N) is 2. The number of para-hydroxylation sites is 1. The van der Waals surface area contributed by atoms with Gasteiger partial charge in [0.25, 0.3) is 0 Å². The molecule has 1 amide bonds. The highest BCUT2D eigenvalue weighted by atomic mass is 16.4. The van der Waals surface area contributed by atoms with Crippen molar-refractivity contribution in [1.82, 2.24) is 14.9 Å². The number of nitrogens with one attached hydrogen (secondary N) is 1. The molecule has 0 aliphatic heterocycles. The van der Waals surface area contributed by atoms with Crippen molar-refractivity contribution < 1.29 is 9.21 Å². The number of fused-ring (bicyclic) bond motifs is 1. The summed E-state index contributed by atoms with van der Waals surface area (Å²) in [6.07, 6.45) is 2.35. The molecule has 0 saturated carbocycles. The van der Waals surface area contributed by atoms with Gasteiger partial charge in [0, 0.05) is 24.1 Å². The van der Waals surface area contributed by atoms with Gasteiger partial charge in [-0.2, -0.15) is 0 Å². The number of carbonyl (C=O) groups excluding carboxylic acids is 1. The summed E-state index contributed by atoms with van der Waals surface area (Å²) in [5.74, 6) is 1.30. The molecule has 1 N–H and O–H groups in total. The molecule has 2 aromatic heterocycles. The molecule has 0 saturated heterocycles. The third kappa shape index (κ3) is 2.74. The molecule has 3 aromatic rings. The highest BCUT2D eigenvalue weighted by molar-refractivity contribution is 5.89. The second kappa shape index (κ2) is 5.67. The maximum Gasteiger partial charge on any atom is 0.224 e. The van der Waals surface area contributed by atoms with E-state index in [-0.39, 0.29) is 5.91 Å². The summed E-state index contributed by atoms with van der Waals surface area (Å²) >= 11 is 0. The molecular weight excluding hydrogens is 278 g/mol. The van der Waals surface area contributed by atoms with Crippen LogP contribution in [0.25, 0.3) is 10.9 Å². The van der Waals surface area contributed by atoms with Gasteiger partial charge in [-0.05, 0) is 25.5 Å². The number of hydrogen-bond donors (Lipinski definition) is 1. The van der Waals surface area contributed by atoms with Gasteiger partial charge in [0.2, 0.25) is 11.8 Å². The number of hydrogen-bond acceptors (Lipinski definition) is 3. The molecule has 0 unspecified atom stereocenters. The Kier molecular flexibility index (Phi) is 3.71. The van der Waals surface area contributed by atoms with Crippen molar-refractivity contribution in [2.24, 2.45) is 7.05 Å². The van der Waals surface area contributed by atoms with Crippen LogP contribution in [-0.2, 0) is 24.8 Å². The van der Waals surface area contributed by atoms with Gasteiger partial charge in [-0.1, -0.05) is 18.2 Å². The van der Waals surface area contributed by atoms with Crippen molar-refractivity contribution in [2.45, 2.75) is 26.8 Å². The van der Waals surface area contributed by atoms with Gasteiger partial charge in [0.1, 0.15) is 5.76 Å². The van der Waals surface area contributed by atoms with Crippen LogP contribution in [0.15, 0.2) is 34.9 Å². The fraction of sp³-hybridized carbons (Fsp3) is 0.294. The van der Waals surface area contributed by atoms with Crippen LogP contribution < -0.4 is 5.32 Å². The van der Waals surface area contributed by atoms with E-state index in [4.69, 9.17) is 4.42 Å². The Labute approximate surface area is 129 Å². The standard InChI is InChI=1S/C17H19N3O2/c1-11-12(2)22-17(19-11)9-18-16(21)8-13-10-20(3)15-7-5-4-6-14(13)15/h4-7,10H,8-9H2,1-3H3,(H,18,21). The smallest absolute Gasteiger partial charge is 0.224 e.